The van der Waals surface area contributed by atoms with Gasteiger partial charge < -0.3 is 10.2 Å². The van der Waals surface area contributed by atoms with E-state index in [0.29, 0.717) is 0 Å². The first-order valence-corrected chi connectivity index (χ1v) is 7.60. The summed E-state index contributed by atoms with van der Waals surface area (Å²) >= 11 is 3.38. The van der Waals surface area contributed by atoms with Gasteiger partial charge in [-0.25, -0.2) is 0 Å². The van der Waals surface area contributed by atoms with Gasteiger partial charge in [0.05, 0.1) is 11.7 Å². The van der Waals surface area contributed by atoms with Crippen LogP contribution in [0.2, 0.25) is 0 Å². The minimum Gasteiger partial charge on any atom is -0.388 e. The van der Waals surface area contributed by atoms with E-state index in [0.717, 1.165) is 15.6 Å². The maximum atomic E-state index is 10.9. The molecule has 0 saturated carbocycles. The van der Waals surface area contributed by atoms with E-state index in [1.165, 1.54) is 0 Å². The van der Waals surface area contributed by atoms with Crippen molar-refractivity contribution in [3.8, 4) is 0 Å². The summed E-state index contributed by atoms with van der Waals surface area (Å²) in [5.74, 6) is -0.513. The molecular weight excluding hydrogens is 328 g/mol. The van der Waals surface area contributed by atoms with Crippen LogP contribution in [0.15, 0.2) is 71.7 Å². The number of hydrogen-bond donors (Lipinski definition) is 2. The Bertz CT molecular complexity index is 590. The van der Waals surface area contributed by atoms with Crippen molar-refractivity contribution in [2.45, 2.75) is 18.6 Å². The van der Waals surface area contributed by atoms with Gasteiger partial charge in [-0.15, -0.1) is 6.58 Å². The Morgan fingerprint density at radius 3 is 2.19 bits per heavy atom. The SMILES string of the molecule is C=C[C@@H]([C@H](O)c1ccccc1)[C@](C)(O)c1ccc(Br)cc1. The Balaban J connectivity index is 2.35. The third-order valence-corrected chi connectivity index (χ3v) is 4.34. The van der Waals surface area contributed by atoms with Gasteiger partial charge in [0.15, 0.2) is 0 Å². The van der Waals surface area contributed by atoms with Gasteiger partial charge in [-0.2, -0.15) is 0 Å². The van der Waals surface area contributed by atoms with Crippen LogP contribution >= 0.6 is 15.9 Å². The van der Waals surface area contributed by atoms with Gasteiger partial charge in [0.2, 0.25) is 0 Å². The highest BCUT2D eigenvalue weighted by atomic mass is 79.9. The third kappa shape index (κ3) is 3.43. The monoisotopic (exact) mass is 346 g/mol. The molecule has 2 rings (SSSR count). The molecule has 2 nitrogen and oxygen atoms in total. The van der Waals surface area contributed by atoms with E-state index >= 15 is 0 Å². The van der Waals surface area contributed by atoms with Crippen LogP contribution in [0.1, 0.15) is 24.2 Å². The third-order valence-electron chi connectivity index (χ3n) is 3.81. The Hall–Kier alpha value is -1.42. The second-order valence-electron chi connectivity index (χ2n) is 5.27. The van der Waals surface area contributed by atoms with Crippen LogP contribution < -0.4 is 0 Å². The van der Waals surface area contributed by atoms with E-state index in [9.17, 15) is 10.2 Å². The van der Waals surface area contributed by atoms with Crippen LogP contribution in [0, 0.1) is 5.92 Å². The Labute approximate surface area is 133 Å². The average Bonchev–Trinajstić information content (AvgIpc) is 2.49. The first-order chi connectivity index (χ1) is 9.96. The van der Waals surface area contributed by atoms with Gasteiger partial charge in [-0.1, -0.05) is 64.5 Å². The molecule has 2 aromatic rings. The van der Waals surface area contributed by atoms with Crippen LogP contribution in [-0.4, -0.2) is 10.2 Å². The molecule has 0 spiro atoms. The second-order valence-corrected chi connectivity index (χ2v) is 6.19. The zero-order chi connectivity index (χ0) is 15.5. The van der Waals surface area contributed by atoms with E-state index in [1.807, 2.05) is 54.6 Å². The van der Waals surface area contributed by atoms with Crippen molar-refractivity contribution in [2.75, 3.05) is 0 Å². The Morgan fingerprint density at radius 1 is 1.10 bits per heavy atom. The molecule has 0 aliphatic heterocycles. The fraction of sp³-hybridized carbons (Fsp3) is 0.222. The lowest BCUT2D eigenvalue weighted by Crippen LogP contribution is -2.34. The highest BCUT2D eigenvalue weighted by molar-refractivity contribution is 9.10. The normalized spacial score (nSPS) is 16.8. The molecule has 110 valence electrons. The predicted molar refractivity (Wildman–Crippen MR) is 88.8 cm³/mol. The van der Waals surface area contributed by atoms with Crippen molar-refractivity contribution in [1.29, 1.82) is 0 Å². The molecule has 0 bridgehead atoms. The highest BCUT2D eigenvalue weighted by Crippen LogP contribution is 2.38. The van der Waals surface area contributed by atoms with Crippen molar-refractivity contribution in [3.63, 3.8) is 0 Å². The van der Waals surface area contributed by atoms with Crippen LogP contribution in [0.3, 0.4) is 0 Å². The van der Waals surface area contributed by atoms with Crippen molar-refractivity contribution >= 4 is 15.9 Å². The molecule has 0 radical (unpaired) electrons. The first kappa shape index (κ1) is 16.0. The van der Waals surface area contributed by atoms with E-state index < -0.39 is 17.6 Å². The number of halogens is 1. The maximum Gasteiger partial charge on any atom is 0.0958 e. The largest absolute Gasteiger partial charge is 0.388 e. The average molecular weight is 347 g/mol. The van der Waals surface area contributed by atoms with Crippen molar-refractivity contribution < 1.29 is 10.2 Å². The summed E-state index contributed by atoms with van der Waals surface area (Å²) < 4.78 is 0.945. The molecule has 0 aromatic heterocycles. The van der Waals surface area contributed by atoms with E-state index in [1.54, 1.807) is 13.0 Å². The summed E-state index contributed by atoms with van der Waals surface area (Å²) in [6.45, 7) is 5.49. The number of rotatable bonds is 5. The summed E-state index contributed by atoms with van der Waals surface area (Å²) in [6.07, 6.45) is 0.794. The highest BCUT2D eigenvalue weighted by Gasteiger charge is 2.37. The number of aliphatic hydroxyl groups is 2. The number of aliphatic hydroxyl groups excluding tert-OH is 1. The second kappa shape index (κ2) is 6.56. The molecule has 2 aromatic carbocycles. The van der Waals surface area contributed by atoms with Gasteiger partial charge in [0.25, 0.3) is 0 Å². The summed E-state index contributed by atoms with van der Waals surface area (Å²) in [6, 6.07) is 16.8. The van der Waals surface area contributed by atoms with Crippen LogP contribution in [-0.2, 0) is 5.60 Å². The lowest BCUT2D eigenvalue weighted by molar-refractivity contribution is -0.0432. The summed E-state index contributed by atoms with van der Waals surface area (Å²) in [5, 5.41) is 21.5. The van der Waals surface area contributed by atoms with Crippen LogP contribution in [0.5, 0.6) is 0 Å². The molecule has 0 heterocycles. The van der Waals surface area contributed by atoms with Gasteiger partial charge in [0, 0.05) is 10.4 Å². The molecule has 0 fully saturated rings. The Morgan fingerprint density at radius 2 is 1.67 bits per heavy atom. The molecule has 0 aliphatic rings. The lowest BCUT2D eigenvalue weighted by atomic mass is 9.77. The fourth-order valence-electron chi connectivity index (χ4n) is 2.50. The van der Waals surface area contributed by atoms with Crippen molar-refractivity contribution in [1.82, 2.24) is 0 Å². The molecule has 0 amide bonds. The minimum atomic E-state index is -1.21. The molecule has 3 atom stereocenters. The van der Waals surface area contributed by atoms with E-state index in [4.69, 9.17) is 0 Å². The van der Waals surface area contributed by atoms with Crippen molar-refractivity contribution in [3.05, 3.63) is 82.9 Å². The molecule has 3 heteroatoms. The molecule has 2 N–H and O–H groups in total. The summed E-state index contributed by atoms with van der Waals surface area (Å²) in [5.41, 5.74) is 0.294. The van der Waals surface area contributed by atoms with Gasteiger partial charge in [0.1, 0.15) is 0 Å². The zero-order valence-corrected chi connectivity index (χ0v) is 13.5. The maximum absolute atomic E-state index is 10.9. The van der Waals surface area contributed by atoms with Crippen molar-refractivity contribution in [2.24, 2.45) is 5.92 Å². The quantitative estimate of drug-likeness (QED) is 0.796. The van der Waals surface area contributed by atoms with Gasteiger partial charge >= 0.3 is 0 Å². The van der Waals surface area contributed by atoms with Crippen LogP contribution in [0.4, 0.5) is 0 Å². The van der Waals surface area contributed by atoms with E-state index in [2.05, 4.69) is 22.5 Å². The Kier molecular flexibility index (Phi) is 4.99. The smallest absolute Gasteiger partial charge is 0.0958 e. The molecule has 0 aliphatic carbocycles. The summed E-state index contributed by atoms with van der Waals surface area (Å²) in [4.78, 5) is 0. The first-order valence-electron chi connectivity index (χ1n) is 6.81. The van der Waals surface area contributed by atoms with Gasteiger partial charge in [-0.3, -0.25) is 0 Å². The lowest BCUT2D eigenvalue weighted by Gasteiger charge is -2.34. The number of benzene rings is 2. The standard InChI is InChI=1S/C18H19BrO2/c1-3-16(17(20)13-7-5-4-6-8-13)18(2,21)14-9-11-15(19)12-10-14/h3-12,16-17,20-21H,1H2,2H3/t16-,17+,18+/m0/s1. The molecular formula is C18H19BrO2. The number of hydrogen-bond acceptors (Lipinski definition) is 2. The summed E-state index contributed by atoms with van der Waals surface area (Å²) in [7, 11) is 0. The predicted octanol–water partition coefficient (Wildman–Crippen LogP) is 4.19. The zero-order valence-electron chi connectivity index (χ0n) is 11.9. The fourth-order valence-corrected chi connectivity index (χ4v) is 2.77. The topological polar surface area (TPSA) is 40.5 Å². The minimum absolute atomic E-state index is 0.513. The van der Waals surface area contributed by atoms with Crippen LogP contribution in [0.25, 0.3) is 0 Å². The molecule has 0 saturated heterocycles. The molecule has 21 heavy (non-hydrogen) atoms. The molecule has 0 unspecified atom stereocenters. The van der Waals surface area contributed by atoms with E-state index in [-0.39, 0.29) is 0 Å². The van der Waals surface area contributed by atoms with Gasteiger partial charge in [-0.05, 0) is 30.2 Å².